The van der Waals surface area contributed by atoms with Gasteiger partial charge >= 0.3 is 0 Å². The fraction of sp³-hybridized carbons (Fsp3) is 0.353. The zero-order valence-electron chi connectivity index (χ0n) is 12.1. The molecule has 3 nitrogen and oxygen atoms in total. The number of nitrogens with two attached hydrogens (primary N) is 1. The number of methoxy groups -OCH3 is 1. The zero-order valence-corrected chi connectivity index (χ0v) is 12.1. The molecule has 2 rings (SSSR count). The fourth-order valence-electron chi connectivity index (χ4n) is 2.43. The fourth-order valence-corrected chi connectivity index (χ4v) is 2.43. The summed E-state index contributed by atoms with van der Waals surface area (Å²) in [4.78, 5) is 0. The van der Waals surface area contributed by atoms with Gasteiger partial charge in [0.15, 0.2) is 0 Å². The second-order valence-corrected chi connectivity index (χ2v) is 5.40. The summed E-state index contributed by atoms with van der Waals surface area (Å²) >= 11 is 0. The Morgan fingerprint density at radius 3 is 2.35 bits per heavy atom. The van der Waals surface area contributed by atoms with Gasteiger partial charge in [0, 0.05) is 6.04 Å². The molecule has 0 aliphatic carbocycles. The van der Waals surface area contributed by atoms with Gasteiger partial charge in [-0.2, -0.15) is 5.26 Å². The highest BCUT2D eigenvalue weighted by molar-refractivity contribution is 5.84. The van der Waals surface area contributed by atoms with Crippen LogP contribution in [0.2, 0.25) is 0 Å². The van der Waals surface area contributed by atoms with Gasteiger partial charge in [-0.25, -0.2) is 0 Å². The number of rotatable bonds is 4. The van der Waals surface area contributed by atoms with Crippen LogP contribution in [0, 0.1) is 23.2 Å². The first kappa shape index (κ1) is 14.4. The molecule has 0 aliphatic heterocycles. The first-order chi connectivity index (χ1) is 9.56. The Kier molecular flexibility index (Phi) is 4.26. The van der Waals surface area contributed by atoms with Crippen molar-refractivity contribution >= 4 is 10.8 Å². The van der Waals surface area contributed by atoms with Crippen molar-refractivity contribution in [3.05, 3.63) is 42.0 Å². The highest BCUT2D eigenvalue weighted by Crippen LogP contribution is 2.29. The van der Waals surface area contributed by atoms with Gasteiger partial charge < -0.3 is 10.5 Å². The van der Waals surface area contributed by atoms with Crippen LogP contribution in [0.4, 0.5) is 0 Å². The number of hydrogen-bond acceptors (Lipinski definition) is 3. The van der Waals surface area contributed by atoms with Crippen molar-refractivity contribution in [1.82, 2.24) is 0 Å². The molecule has 104 valence electrons. The summed E-state index contributed by atoms with van der Waals surface area (Å²) in [5.74, 6) is 0.902. The Bertz CT molecular complexity index is 643. The number of nitriles is 1. The third kappa shape index (κ3) is 2.76. The lowest BCUT2D eigenvalue weighted by Gasteiger charge is -2.21. The molecule has 2 aromatic rings. The van der Waals surface area contributed by atoms with E-state index in [-0.39, 0.29) is 17.9 Å². The highest BCUT2D eigenvalue weighted by atomic mass is 16.5. The number of hydrogen-bond donors (Lipinski definition) is 1. The monoisotopic (exact) mass is 268 g/mol. The van der Waals surface area contributed by atoms with Crippen LogP contribution in [0.15, 0.2) is 36.4 Å². The average Bonchev–Trinajstić information content (AvgIpc) is 2.46. The minimum Gasteiger partial charge on any atom is -0.497 e. The maximum Gasteiger partial charge on any atom is 0.119 e. The predicted octanol–water partition coefficient (Wildman–Crippen LogP) is 3.64. The van der Waals surface area contributed by atoms with Crippen molar-refractivity contribution < 1.29 is 4.74 Å². The molecule has 0 spiro atoms. The third-order valence-electron chi connectivity index (χ3n) is 3.71. The molecular weight excluding hydrogens is 248 g/mol. The van der Waals surface area contributed by atoms with Crippen molar-refractivity contribution in [2.24, 2.45) is 17.6 Å². The van der Waals surface area contributed by atoms with E-state index in [0.29, 0.717) is 0 Å². The lowest BCUT2D eigenvalue weighted by molar-refractivity contribution is 0.404. The van der Waals surface area contributed by atoms with Crippen LogP contribution in [0.5, 0.6) is 5.75 Å². The van der Waals surface area contributed by atoms with Crippen molar-refractivity contribution in [3.63, 3.8) is 0 Å². The standard InChI is InChI=1S/C17H20N2O/c1-11(2)16(10-18)17(19)14-5-4-13-9-15(20-3)7-6-12(13)8-14/h4-9,11,16-17H,19H2,1-3H3. The molecule has 0 radical (unpaired) electrons. The molecule has 0 amide bonds. The number of fused-ring (bicyclic) bond motifs is 1. The summed E-state index contributed by atoms with van der Waals surface area (Å²) in [5.41, 5.74) is 7.25. The number of ether oxygens (including phenoxy) is 1. The van der Waals surface area contributed by atoms with E-state index in [9.17, 15) is 5.26 Å². The SMILES string of the molecule is COc1ccc2cc(C(N)C(C#N)C(C)C)ccc2c1. The van der Waals surface area contributed by atoms with Gasteiger partial charge in [-0.3, -0.25) is 0 Å². The molecule has 2 N–H and O–H groups in total. The summed E-state index contributed by atoms with van der Waals surface area (Å²) in [7, 11) is 1.66. The zero-order chi connectivity index (χ0) is 14.7. The molecule has 0 aliphatic rings. The second-order valence-electron chi connectivity index (χ2n) is 5.40. The molecule has 0 fully saturated rings. The minimum absolute atomic E-state index is 0.175. The summed E-state index contributed by atoms with van der Waals surface area (Å²) in [6.07, 6.45) is 0. The third-order valence-corrected chi connectivity index (χ3v) is 3.71. The van der Waals surface area contributed by atoms with Crippen molar-refractivity contribution in [2.75, 3.05) is 7.11 Å². The van der Waals surface area contributed by atoms with Crippen LogP contribution >= 0.6 is 0 Å². The lowest BCUT2D eigenvalue weighted by atomic mass is 9.85. The van der Waals surface area contributed by atoms with Crippen LogP contribution in [0.3, 0.4) is 0 Å². The van der Waals surface area contributed by atoms with Crippen LogP contribution in [0.25, 0.3) is 10.8 Å². The minimum atomic E-state index is -0.258. The van der Waals surface area contributed by atoms with Gasteiger partial charge in [0.05, 0.1) is 19.1 Å². The first-order valence-corrected chi connectivity index (χ1v) is 6.79. The molecule has 2 aromatic carbocycles. The molecule has 2 unspecified atom stereocenters. The van der Waals surface area contributed by atoms with E-state index >= 15 is 0 Å². The molecule has 0 heterocycles. The van der Waals surface area contributed by atoms with E-state index in [4.69, 9.17) is 10.5 Å². The van der Waals surface area contributed by atoms with Crippen LogP contribution in [-0.4, -0.2) is 7.11 Å². The van der Waals surface area contributed by atoms with Crippen molar-refractivity contribution in [3.8, 4) is 11.8 Å². The molecule has 3 heteroatoms. The summed E-state index contributed by atoms with van der Waals surface area (Å²) in [6.45, 7) is 4.05. The van der Waals surface area contributed by atoms with E-state index < -0.39 is 0 Å². The summed E-state index contributed by atoms with van der Waals surface area (Å²) < 4.78 is 5.22. The molecule has 0 saturated carbocycles. The van der Waals surface area contributed by atoms with E-state index in [1.165, 1.54) is 0 Å². The largest absolute Gasteiger partial charge is 0.497 e. The van der Waals surface area contributed by atoms with E-state index in [1.54, 1.807) is 7.11 Å². The topological polar surface area (TPSA) is 59.0 Å². The first-order valence-electron chi connectivity index (χ1n) is 6.79. The Morgan fingerprint density at radius 2 is 1.75 bits per heavy atom. The average molecular weight is 268 g/mol. The van der Waals surface area contributed by atoms with Crippen molar-refractivity contribution in [2.45, 2.75) is 19.9 Å². The van der Waals surface area contributed by atoms with E-state index in [2.05, 4.69) is 12.1 Å². The number of benzene rings is 2. The highest BCUT2D eigenvalue weighted by Gasteiger charge is 2.22. The van der Waals surface area contributed by atoms with Gasteiger partial charge in [-0.05, 0) is 40.5 Å². The Labute approximate surface area is 120 Å². The van der Waals surface area contributed by atoms with Crippen LogP contribution in [-0.2, 0) is 0 Å². The second kappa shape index (κ2) is 5.94. The van der Waals surface area contributed by atoms with Crippen LogP contribution in [0.1, 0.15) is 25.5 Å². The maximum atomic E-state index is 9.26. The van der Waals surface area contributed by atoms with Gasteiger partial charge in [-0.1, -0.05) is 32.0 Å². The molecule has 0 saturated heterocycles. The van der Waals surface area contributed by atoms with E-state index in [0.717, 1.165) is 22.1 Å². The van der Waals surface area contributed by atoms with Gasteiger partial charge in [0.2, 0.25) is 0 Å². The maximum absolute atomic E-state index is 9.26. The molecule has 2 atom stereocenters. The molecule has 20 heavy (non-hydrogen) atoms. The Morgan fingerprint density at radius 1 is 1.10 bits per heavy atom. The van der Waals surface area contributed by atoms with Crippen molar-refractivity contribution in [1.29, 1.82) is 5.26 Å². The van der Waals surface area contributed by atoms with E-state index in [1.807, 2.05) is 44.2 Å². The predicted molar refractivity (Wildman–Crippen MR) is 81.4 cm³/mol. The van der Waals surface area contributed by atoms with Crippen LogP contribution < -0.4 is 10.5 Å². The van der Waals surface area contributed by atoms with Gasteiger partial charge in [0.1, 0.15) is 5.75 Å². The summed E-state index contributed by atoms with van der Waals surface area (Å²) in [5, 5.41) is 11.5. The Balaban J connectivity index is 2.39. The summed E-state index contributed by atoms with van der Waals surface area (Å²) in [6, 6.07) is 14.1. The normalized spacial score (nSPS) is 14.0. The van der Waals surface area contributed by atoms with Gasteiger partial charge in [-0.15, -0.1) is 0 Å². The van der Waals surface area contributed by atoms with Gasteiger partial charge in [0.25, 0.3) is 0 Å². The quantitative estimate of drug-likeness (QED) is 0.920. The Hall–Kier alpha value is -2.05. The smallest absolute Gasteiger partial charge is 0.119 e. The number of nitrogens with zero attached hydrogens (tertiary/aromatic N) is 1. The molecule has 0 bridgehead atoms. The lowest BCUT2D eigenvalue weighted by Crippen LogP contribution is -2.24. The molecular formula is C17H20N2O. The molecule has 0 aromatic heterocycles.